The molecule has 0 aromatic carbocycles. The average molecular weight is 223 g/mol. The van der Waals surface area contributed by atoms with Crippen LogP contribution in [-0.4, -0.2) is 28.6 Å². The zero-order valence-electron chi connectivity index (χ0n) is 8.90. The normalized spacial score (nSPS) is 11.2. The van der Waals surface area contributed by atoms with Gasteiger partial charge in [0.1, 0.15) is 0 Å². The van der Waals surface area contributed by atoms with E-state index in [1.165, 1.54) is 6.08 Å². The van der Waals surface area contributed by atoms with Crippen molar-refractivity contribution < 1.29 is 19.4 Å². The van der Waals surface area contributed by atoms with Crippen molar-refractivity contribution in [3.8, 4) is 0 Å². The molecule has 86 valence electrons. The Bertz CT molecular complexity index is 392. The van der Waals surface area contributed by atoms with Gasteiger partial charge in [0.25, 0.3) is 0 Å². The molecule has 0 atom stereocenters. The molecule has 0 radical (unpaired) electrons. The molecule has 0 fully saturated rings. The van der Waals surface area contributed by atoms with Crippen LogP contribution in [0.4, 0.5) is 0 Å². The maximum absolute atomic E-state index is 11.4. The van der Waals surface area contributed by atoms with Gasteiger partial charge in [0.05, 0.1) is 18.6 Å². The van der Waals surface area contributed by atoms with Crippen LogP contribution in [-0.2, 0) is 14.3 Å². The zero-order valence-corrected chi connectivity index (χ0v) is 8.90. The van der Waals surface area contributed by atoms with Gasteiger partial charge in [-0.3, -0.25) is 4.79 Å². The highest BCUT2D eigenvalue weighted by atomic mass is 16.5. The number of ether oxygens (including phenoxy) is 1. The van der Waals surface area contributed by atoms with Crippen molar-refractivity contribution in [3.05, 3.63) is 29.6 Å². The zero-order chi connectivity index (χ0) is 12.0. The Labute approximate surface area is 92.7 Å². The summed E-state index contributed by atoms with van der Waals surface area (Å²) in [6, 6.07) is 3.50. The van der Waals surface area contributed by atoms with Gasteiger partial charge >= 0.3 is 11.9 Å². The van der Waals surface area contributed by atoms with Crippen LogP contribution in [0.1, 0.15) is 19.0 Å². The van der Waals surface area contributed by atoms with E-state index >= 15 is 0 Å². The molecule has 0 amide bonds. The van der Waals surface area contributed by atoms with E-state index in [0.717, 1.165) is 0 Å². The van der Waals surface area contributed by atoms with Crippen LogP contribution in [0.5, 0.6) is 0 Å². The van der Waals surface area contributed by atoms with Crippen molar-refractivity contribution in [2.75, 3.05) is 6.61 Å². The monoisotopic (exact) mass is 223 g/mol. The molecule has 0 bridgehead atoms. The quantitative estimate of drug-likeness (QED) is 0.584. The first-order valence-corrected chi connectivity index (χ1v) is 4.86. The van der Waals surface area contributed by atoms with Gasteiger partial charge in [0.15, 0.2) is 0 Å². The molecule has 0 aliphatic rings. The van der Waals surface area contributed by atoms with Crippen molar-refractivity contribution in [2.45, 2.75) is 13.3 Å². The summed E-state index contributed by atoms with van der Waals surface area (Å²) in [5, 5.41) is 8.67. The van der Waals surface area contributed by atoms with E-state index in [-0.39, 0.29) is 18.6 Å². The standard InChI is InChI=1S/C11H13NO4/c1-2-16-11(15)8(7-10(13)14)6-9-4-3-5-12-9/h3-6,12H,2,7H2,1H3,(H,13,14). The summed E-state index contributed by atoms with van der Waals surface area (Å²) in [6.45, 7) is 1.89. The highest BCUT2D eigenvalue weighted by Crippen LogP contribution is 2.10. The van der Waals surface area contributed by atoms with E-state index in [9.17, 15) is 9.59 Å². The molecule has 2 N–H and O–H groups in total. The van der Waals surface area contributed by atoms with Gasteiger partial charge < -0.3 is 14.8 Å². The van der Waals surface area contributed by atoms with Gasteiger partial charge in [0.2, 0.25) is 0 Å². The lowest BCUT2D eigenvalue weighted by Crippen LogP contribution is -2.11. The van der Waals surface area contributed by atoms with E-state index in [2.05, 4.69) is 4.98 Å². The van der Waals surface area contributed by atoms with E-state index in [0.29, 0.717) is 5.69 Å². The van der Waals surface area contributed by atoms with Gasteiger partial charge in [0, 0.05) is 11.9 Å². The number of hydrogen-bond acceptors (Lipinski definition) is 3. The smallest absolute Gasteiger partial charge is 0.334 e. The Kier molecular flexibility index (Phi) is 4.32. The number of hydrogen-bond donors (Lipinski definition) is 2. The van der Waals surface area contributed by atoms with Crippen LogP contribution in [0.3, 0.4) is 0 Å². The van der Waals surface area contributed by atoms with Crippen LogP contribution in [0.15, 0.2) is 23.9 Å². The summed E-state index contributed by atoms with van der Waals surface area (Å²) in [6.07, 6.45) is 2.82. The molecule has 0 unspecified atom stereocenters. The van der Waals surface area contributed by atoms with Gasteiger partial charge in [-0.15, -0.1) is 0 Å². The Morgan fingerprint density at radius 3 is 2.81 bits per heavy atom. The summed E-state index contributed by atoms with van der Waals surface area (Å²) < 4.78 is 4.77. The number of aliphatic carboxylic acids is 1. The first kappa shape index (κ1) is 12.0. The van der Waals surface area contributed by atoms with Crippen molar-refractivity contribution in [2.24, 2.45) is 0 Å². The molecule has 1 aromatic rings. The van der Waals surface area contributed by atoms with E-state index in [1.807, 2.05) is 0 Å². The minimum Gasteiger partial charge on any atom is -0.481 e. The molecule has 5 heteroatoms. The third-order valence-electron chi connectivity index (χ3n) is 1.83. The predicted molar refractivity (Wildman–Crippen MR) is 57.7 cm³/mol. The van der Waals surface area contributed by atoms with Crippen LogP contribution in [0.25, 0.3) is 6.08 Å². The number of nitrogens with one attached hydrogen (secondary N) is 1. The van der Waals surface area contributed by atoms with Crippen molar-refractivity contribution in [3.63, 3.8) is 0 Å². The lowest BCUT2D eigenvalue weighted by molar-refractivity contribution is -0.142. The fraction of sp³-hybridized carbons (Fsp3) is 0.273. The maximum Gasteiger partial charge on any atom is 0.334 e. The topological polar surface area (TPSA) is 79.4 Å². The lowest BCUT2D eigenvalue weighted by atomic mass is 10.1. The lowest BCUT2D eigenvalue weighted by Gasteiger charge is -2.03. The molecule has 0 saturated heterocycles. The number of carboxylic acids is 1. The third kappa shape index (κ3) is 3.61. The van der Waals surface area contributed by atoms with Crippen molar-refractivity contribution in [1.29, 1.82) is 0 Å². The minimum atomic E-state index is -1.06. The largest absolute Gasteiger partial charge is 0.481 e. The molecule has 16 heavy (non-hydrogen) atoms. The first-order chi connectivity index (χ1) is 7.63. The van der Waals surface area contributed by atoms with Crippen LogP contribution in [0, 0.1) is 0 Å². The SMILES string of the molecule is CCOC(=O)C(=Cc1ccc[nH]1)CC(=O)O. The molecule has 0 aliphatic heterocycles. The fourth-order valence-corrected chi connectivity index (χ4v) is 1.19. The second-order valence-electron chi connectivity index (χ2n) is 3.09. The number of rotatable bonds is 5. The van der Waals surface area contributed by atoms with Gasteiger partial charge in [-0.05, 0) is 25.1 Å². The average Bonchev–Trinajstić information content (AvgIpc) is 2.69. The molecular formula is C11H13NO4. The molecule has 0 spiro atoms. The molecule has 0 saturated carbocycles. The Morgan fingerprint density at radius 2 is 2.31 bits per heavy atom. The number of carbonyl (C=O) groups is 2. The molecule has 5 nitrogen and oxygen atoms in total. The van der Waals surface area contributed by atoms with E-state index in [4.69, 9.17) is 9.84 Å². The number of esters is 1. The van der Waals surface area contributed by atoms with Gasteiger partial charge in [-0.25, -0.2) is 4.79 Å². The van der Waals surface area contributed by atoms with Crippen molar-refractivity contribution >= 4 is 18.0 Å². The Balaban J connectivity index is 2.86. The second-order valence-corrected chi connectivity index (χ2v) is 3.09. The summed E-state index contributed by atoms with van der Waals surface area (Å²) in [4.78, 5) is 24.9. The number of H-pyrrole nitrogens is 1. The first-order valence-electron chi connectivity index (χ1n) is 4.86. The minimum absolute atomic E-state index is 0.122. The Hall–Kier alpha value is -2.04. The maximum atomic E-state index is 11.4. The van der Waals surface area contributed by atoms with Crippen LogP contribution < -0.4 is 0 Å². The predicted octanol–water partition coefficient (Wildman–Crippen LogP) is 1.44. The summed E-state index contributed by atoms with van der Waals surface area (Å²) in [5.74, 6) is -1.66. The van der Waals surface area contributed by atoms with E-state index < -0.39 is 11.9 Å². The van der Waals surface area contributed by atoms with E-state index in [1.54, 1.807) is 25.3 Å². The molecule has 0 aliphatic carbocycles. The summed E-state index contributed by atoms with van der Waals surface area (Å²) in [7, 11) is 0. The van der Waals surface area contributed by atoms with Crippen LogP contribution >= 0.6 is 0 Å². The molecular weight excluding hydrogens is 210 g/mol. The highest BCUT2D eigenvalue weighted by molar-refractivity contribution is 5.97. The second kappa shape index (κ2) is 5.75. The summed E-state index contributed by atoms with van der Waals surface area (Å²) >= 11 is 0. The fourth-order valence-electron chi connectivity index (χ4n) is 1.19. The molecule has 1 aromatic heterocycles. The molecule has 1 rings (SSSR count). The number of aromatic nitrogens is 1. The number of carboxylic acid groups (broad SMARTS) is 1. The van der Waals surface area contributed by atoms with Gasteiger partial charge in [-0.1, -0.05) is 0 Å². The Morgan fingerprint density at radius 1 is 1.56 bits per heavy atom. The third-order valence-corrected chi connectivity index (χ3v) is 1.83. The van der Waals surface area contributed by atoms with Crippen LogP contribution in [0.2, 0.25) is 0 Å². The number of carbonyl (C=O) groups excluding carboxylic acids is 1. The van der Waals surface area contributed by atoms with Gasteiger partial charge in [-0.2, -0.15) is 0 Å². The molecule has 1 heterocycles. The highest BCUT2D eigenvalue weighted by Gasteiger charge is 2.14. The summed E-state index contributed by atoms with van der Waals surface area (Å²) in [5.41, 5.74) is 0.793. The number of aromatic amines is 1. The van der Waals surface area contributed by atoms with Crippen molar-refractivity contribution in [1.82, 2.24) is 4.98 Å².